The van der Waals surface area contributed by atoms with Gasteiger partial charge in [0.1, 0.15) is 6.10 Å². The Morgan fingerprint density at radius 3 is 2.68 bits per heavy atom. The Labute approximate surface area is 115 Å². The summed E-state index contributed by atoms with van der Waals surface area (Å²) in [5.74, 6) is -0.451. The van der Waals surface area contributed by atoms with Crippen LogP contribution in [0.5, 0.6) is 0 Å². The molecule has 0 fully saturated rings. The Morgan fingerprint density at radius 1 is 1.58 bits per heavy atom. The van der Waals surface area contributed by atoms with Crippen molar-refractivity contribution in [2.75, 3.05) is 0 Å². The van der Waals surface area contributed by atoms with E-state index >= 15 is 0 Å². The molecule has 108 valence electrons. The summed E-state index contributed by atoms with van der Waals surface area (Å²) in [4.78, 5) is 15.5. The van der Waals surface area contributed by atoms with Gasteiger partial charge in [0.2, 0.25) is 0 Å². The molecule has 0 spiro atoms. The number of aliphatic hydroxyl groups excluding tert-OH is 1. The van der Waals surface area contributed by atoms with Crippen molar-refractivity contribution in [2.24, 2.45) is 10.7 Å². The molecule has 3 unspecified atom stereocenters. The van der Waals surface area contributed by atoms with Crippen LogP contribution < -0.4 is 11.1 Å². The van der Waals surface area contributed by atoms with E-state index in [0.717, 1.165) is 12.0 Å². The number of amides is 1. The molecule has 3 atom stereocenters. The van der Waals surface area contributed by atoms with Crippen molar-refractivity contribution in [3.05, 3.63) is 23.9 Å². The summed E-state index contributed by atoms with van der Waals surface area (Å²) in [6, 6.07) is -0.754. The minimum atomic E-state index is -1.18. The zero-order valence-electron chi connectivity index (χ0n) is 12.0. The molecule has 0 aromatic rings. The molecule has 4 N–H and O–H groups in total. The van der Waals surface area contributed by atoms with Crippen LogP contribution in [-0.2, 0) is 4.79 Å². The van der Waals surface area contributed by atoms with Gasteiger partial charge in [0, 0.05) is 12.2 Å². The van der Waals surface area contributed by atoms with Crippen LogP contribution >= 0.6 is 0 Å². The van der Waals surface area contributed by atoms with Crippen LogP contribution in [0, 0.1) is 0 Å². The molecular formula is C14H25N3O2. The zero-order chi connectivity index (χ0) is 14.8. The van der Waals surface area contributed by atoms with Gasteiger partial charge >= 0.3 is 0 Å². The summed E-state index contributed by atoms with van der Waals surface area (Å²) in [6.07, 6.45) is 5.44. The molecule has 19 heavy (non-hydrogen) atoms. The van der Waals surface area contributed by atoms with Crippen LogP contribution in [-0.4, -0.2) is 35.9 Å². The molecular weight excluding hydrogens is 242 g/mol. The lowest BCUT2D eigenvalue weighted by atomic mass is 10.0. The summed E-state index contributed by atoms with van der Waals surface area (Å²) >= 11 is 0. The molecule has 0 heterocycles. The number of nitrogens with one attached hydrogen (secondary N) is 1. The molecule has 0 aliphatic heterocycles. The number of nitrogens with two attached hydrogens (primary N) is 1. The molecule has 0 rings (SSSR count). The molecule has 5 nitrogen and oxygen atoms in total. The molecule has 0 bridgehead atoms. The van der Waals surface area contributed by atoms with Crippen molar-refractivity contribution in [3.63, 3.8) is 0 Å². The number of allylic oxidation sites excluding steroid dienone is 1. The lowest BCUT2D eigenvalue weighted by Gasteiger charge is -2.21. The summed E-state index contributed by atoms with van der Waals surface area (Å²) in [5, 5.41) is 12.5. The SMILES string of the molecule is C=N/C=C\C(=C/C)C(C)NC(=O)C(O)C(N)CCC. The average molecular weight is 267 g/mol. The highest BCUT2D eigenvalue weighted by atomic mass is 16.3. The van der Waals surface area contributed by atoms with E-state index in [4.69, 9.17) is 5.73 Å². The fourth-order valence-corrected chi connectivity index (χ4v) is 1.70. The van der Waals surface area contributed by atoms with E-state index in [9.17, 15) is 9.90 Å². The summed E-state index contributed by atoms with van der Waals surface area (Å²) in [6.45, 7) is 9.01. The predicted molar refractivity (Wildman–Crippen MR) is 78.9 cm³/mol. The average Bonchev–Trinajstić information content (AvgIpc) is 2.38. The highest BCUT2D eigenvalue weighted by Gasteiger charge is 2.23. The highest BCUT2D eigenvalue weighted by Crippen LogP contribution is 2.06. The van der Waals surface area contributed by atoms with Crippen molar-refractivity contribution in [1.82, 2.24) is 5.32 Å². The van der Waals surface area contributed by atoms with Gasteiger partial charge in [-0.15, -0.1) is 0 Å². The first kappa shape index (κ1) is 17.5. The number of hydrogen-bond acceptors (Lipinski definition) is 4. The molecule has 1 amide bonds. The Morgan fingerprint density at radius 2 is 2.21 bits per heavy atom. The summed E-state index contributed by atoms with van der Waals surface area (Å²) < 4.78 is 0. The maximum Gasteiger partial charge on any atom is 0.250 e. The second-order valence-corrected chi connectivity index (χ2v) is 4.41. The van der Waals surface area contributed by atoms with Gasteiger partial charge in [-0.3, -0.25) is 9.79 Å². The van der Waals surface area contributed by atoms with E-state index in [1.54, 1.807) is 12.3 Å². The van der Waals surface area contributed by atoms with Gasteiger partial charge in [-0.05, 0) is 38.6 Å². The molecule has 0 aromatic heterocycles. The van der Waals surface area contributed by atoms with Crippen LogP contribution in [0.4, 0.5) is 0 Å². The molecule has 0 aliphatic carbocycles. The third kappa shape index (κ3) is 6.31. The standard InChI is InChI=1S/C14H25N3O2/c1-5-7-12(15)13(18)14(19)17-10(3)11(6-2)8-9-16-4/h6,8-10,12-13,18H,4-5,7,15H2,1-3H3,(H,17,19)/b9-8-,11-6+. The molecule has 0 aromatic carbocycles. The number of carbonyl (C=O) groups excluding carboxylic acids is 1. The van der Waals surface area contributed by atoms with Crippen LogP contribution in [0.25, 0.3) is 0 Å². The van der Waals surface area contributed by atoms with Gasteiger partial charge in [0.15, 0.2) is 0 Å². The lowest BCUT2D eigenvalue weighted by molar-refractivity contribution is -0.130. The quantitative estimate of drug-likeness (QED) is 0.455. The number of aliphatic hydroxyl groups is 1. The number of hydrogen-bond donors (Lipinski definition) is 3. The molecule has 0 radical (unpaired) electrons. The van der Waals surface area contributed by atoms with Crippen molar-refractivity contribution in [2.45, 2.75) is 51.8 Å². The predicted octanol–water partition coefficient (Wildman–Crippen LogP) is 1.14. The minimum Gasteiger partial charge on any atom is -0.382 e. The third-order valence-electron chi connectivity index (χ3n) is 2.86. The fourth-order valence-electron chi connectivity index (χ4n) is 1.70. The first-order chi connectivity index (χ1) is 8.97. The monoisotopic (exact) mass is 267 g/mol. The summed E-state index contributed by atoms with van der Waals surface area (Å²) in [5.41, 5.74) is 6.62. The smallest absolute Gasteiger partial charge is 0.250 e. The Bertz CT molecular complexity index is 351. The minimum absolute atomic E-state index is 0.223. The fraction of sp³-hybridized carbons (Fsp3) is 0.571. The van der Waals surface area contributed by atoms with Crippen molar-refractivity contribution >= 4 is 12.6 Å². The molecule has 0 aliphatic rings. The molecule has 0 saturated heterocycles. The Kier molecular flexibility index (Phi) is 8.74. The maximum atomic E-state index is 11.8. The van der Waals surface area contributed by atoms with Crippen LogP contribution in [0.2, 0.25) is 0 Å². The third-order valence-corrected chi connectivity index (χ3v) is 2.86. The van der Waals surface area contributed by atoms with Gasteiger partial charge in [0.05, 0.1) is 6.04 Å². The summed E-state index contributed by atoms with van der Waals surface area (Å²) in [7, 11) is 0. The normalized spacial score (nSPS) is 17.0. The number of carbonyl (C=O) groups is 1. The van der Waals surface area contributed by atoms with Gasteiger partial charge in [0.25, 0.3) is 5.91 Å². The number of rotatable bonds is 8. The number of nitrogens with zero attached hydrogens (tertiary/aromatic N) is 1. The van der Waals surface area contributed by atoms with Crippen LogP contribution in [0.1, 0.15) is 33.6 Å². The van der Waals surface area contributed by atoms with Gasteiger partial charge in [-0.1, -0.05) is 19.4 Å². The Balaban J connectivity index is 4.54. The van der Waals surface area contributed by atoms with Crippen molar-refractivity contribution in [3.8, 4) is 0 Å². The first-order valence-corrected chi connectivity index (χ1v) is 6.50. The second-order valence-electron chi connectivity index (χ2n) is 4.41. The van der Waals surface area contributed by atoms with Crippen LogP contribution in [0.15, 0.2) is 28.9 Å². The second kappa shape index (κ2) is 9.47. The van der Waals surface area contributed by atoms with Gasteiger partial charge in [-0.2, -0.15) is 0 Å². The maximum absolute atomic E-state index is 11.8. The molecule has 0 saturated carbocycles. The van der Waals surface area contributed by atoms with E-state index in [1.165, 1.54) is 0 Å². The highest BCUT2D eigenvalue weighted by molar-refractivity contribution is 5.81. The zero-order valence-corrected chi connectivity index (χ0v) is 12.0. The van der Waals surface area contributed by atoms with E-state index in [1.807, 2.05) is 26.8 Å². The van der Waals surface area contributed by atoms with Crippen LogP contribution in [0.3, 0.4) is 0 Å². The largest absolute Gasteiger partial charge is 0.382 e. The van der Waals surface area contributed by atoms with E-state index < -0.39 is 18.1 Å². The first-order valence-electron chi connectivity index (χ1n) is 6.50. The van der Waals surface area contributed by atoms with Crippen molar-refractivity contribution in [1.29, 1.82) is 0 Å². The number of aliphatic imine (C=N–C) groups is 1. The van der Waals surface area contributed by atoms with Gasteiger partial charge < -0.3 is 16.2 Å². The topological polar surface area (TPSA) is 87.7 Å². The van der Waals surface area contributed by atoms with Crippen molar-refractivity contribution < 1.29 is 9.90 Å². The lowest BCUT2D eigenvalue weighted by Crippen LogP contribution is -2.48. The Hall–Kier alpha value is -1.46. The van der Waals surface area contributed by atoms with E-state index in [0.29, 0.717) is 6.42 Å². The molecule has 5 heteroatoms. The van der Waals surface area contributed by atoms with E-state index in [2.05, 4.69) is 17.0 Å². The van der Waals surface area contributed by atoms with E-state index in [-0.39, 0.29) is 6.04 Å². The van der Waals surface area contributed by atoms with Gasteiger partial charge in [-0.25, -0.2) is 0 Å².